The normalized spacial score (nSPS) is 15.0. The Morgan fingerprint density at radius 1 is 1.39 bits per heavy atom. The summed E-state index contributed by atoms with van der Waals surface area (Å²) in [5, 5.41) is 2.97. The fourth-order valence-electron chi connectivity index (χ4n) is 2.54. The third kappa shape index (κ3) is 4.78. The Labute approximate surface area is 139 Å². The number of carbonyl (C=O) groups is 1. The van der Waals surface area contributed by atoms with E-state index in [1.165, 1.54) is 12.8 Å². The summed E-state index contributed by atoms with van der Waals surface area (Å²) in [6.07, 6.45) is 3.41. The zero-order valence-electron chi connectivity index (χ0n) is 14.6. The Hall–Kier alpha value is -1.91. The van der Waals surface area contributed by atoms with Crippen LogP contribution in [-0.2, 0) is 6.54 Å². The highest BCUT2D eigenvalue weighted by Gasteiger charge is 2.32. The van der Waals surface area contributed by atoms with E-state index in [1.54, 1.807) is 12.0 Å². The number of nitrogens with zero attached hydrogens (tertiary/aromatic N) is 1. The van der Waals surface area contributed by atoms with E-state index in [9.17, 15) is 4.79 Å². The van der Waals surface area contributed by atoms with Gasteiger partial charge in [-0.15, -0.1) is 0 Å². The van der Waals surface area contributed by atoms with Gasteiger partial charge < -0.3 is 19.7 Å². The molecule has 1 fully saturated rings. The molecular weight excluding hydrogens is 292 g/mol. The highest BCUT2D eigenvalue weighted by molar-refractivity contribution is 5.74. The highest BCUT2D eigenvalue weighted by Crippen LogP contribution is 2.34. The quantitative estimate of drug-likeness (QED) is 0.798. The number of carbonyl (C=O) groups excluding carboxylic acids is 1. The predicted molar refractivity (Wildman–Crippen MR) is 91.0 cm³/mol. The number of benzene rings is 1. The maximum atomic E-state index is 12.2. The molecule has 23 heavy (non-hydrogen) atoms. The predicted octanol–water partition coefficient (Wildman–Crippen LogP) is 3.42. The zero-order valence-corrected chi connectivity index (χ0v) is 14.6. The minimum atomic E-state index is -0.0327. The van der Waals surface area contributed by atoms with E-state index in [4.69, 9.17) is 9.47 Å². The summed E-state index contributed by atoms with van der Waals surface area (Å²) in [6.45, 7) is 5.32. The lowest BCUT2D eigenvalue weighted by Crippen LogP contribution is -2.42. The molecule has 1 aromatic carbocycles. The molecule has 1 N–H and O–H groups in total. The molecule has 2 rings (SSSR count). The molecule has 1 aliphatic rings. The number of hydrogen-bond acceptors (Lipinski definition) is 3. The third-order valence-corrected chi connectivity index (χ3v) is 4.37. The highest BCUT2D eigenvalue weighted by atomic mass is 16.5. The van der Waals surface area contributed by atoms with Gasteiger partial charge in [0, 0.05) is 19.6 Å². The van der Waals surface area contributed by atoms with Gasteiger partial charge >= 0.3 is 6.03 Å². The van der Waals surface area contributed by atoms with Crippen LogP contribution in [0.5, 0.6) is 11.5 Å². The van der Waals surface area contributed by atoms with Crippen molar-refractivity contribution in [3.8, 4) is 11.5 Å². The summed E-state index contributed by atoms with van der Waals surface area (Å²) in [7, 11) is 3.49. The number of methoxy groups -OCH3 is 1. The molecule has 1 aromatic rings. The van der Waals surface area contributed by atoms with Gasteiger partial charge in [0.1, 0.15) is 0 Å². The SMILES string of the molecule is CCCOc1ccc(CNC(=O)N(C)C(C)C2CC2)cc1OC. The van der Waals surface area contributed by atoms with Gasteiger partial charge in [0.15, 0.2) is 11.5 Å². The fraction of sp³-hybridized carbons (Fsp3) is 0.611. The first-order chi connectivity index (χ1) is 11.1. The van der Waals surface area contributed by atoms with Gasteiger partial charge in [-0.2, -0.15) is 0 Å². The van der Waals surface area contributed by atoms with Crippen LogP contribution in [0.3, 0.4) is 0 Å². The van der Waals surface area contributed by atoms with E-state index in [0.717, 1.165) is 17.7 Å². The van der Waals surface area contributed by atoms with Gasteiger partial charge in [0.25, 0.3) is 0 Å². The van der Waals surface area contributed by atoms with Gasteiger partial charge in [-0.1, -0.05) is 13.0 Å². The molecule has 128 valence electrons. The molecule has 0 aliphatic heterocycles. The number of nitrogens with one attached hydrogen (secondary N) is 1. The van der Waals surface area contributed by atoms with Crippen LogP contribution in [0.1, 0.15) is 38.7 Å². The van der Waals surface area contributed by atoms with Gasteiger partial charge in [-0.3, -0.25) is 0 Å². The summed E-state index contributed by atoms with van der Waals surface area (Å²) in [4.78, 5) is 14.0. The minimum Gasteiger partial charge on any atom is -0.493 e. The molecule has 1 unspecified atom stereocenters. The van der Waals surface area contributed by atoms with Crippen molar-refractivity contribution in [2.45, 2.75) is 45.7 Å². The van der Waals surface area contributed by atoms with Crippen molar-refractivity contribution in [1.29, 1.82) is 0 Å². The Morgan fingerprint density at radius 2 is 2.13 bits per heavy atom. The molecule has 0 radical (unpaired) electrons. The van der Waals surface area contributed by atoms with Crippen molar-refractivity contribution in [2.24, 2.45) is 5.92 Å². The molecule has 1 atom stereocenters. The van der Waals surface area contributed by atoms with Crippen LogP contribution >= 0.6 is 0 Å². The number of ether oxygens (including phenoxy) is 2. The van der Waals surface area contributed by atoms with Crippen LogP contribution < -0.4 is 14.8 Å². The van der Waals surface area contributed by atoms with Crippen molar-refractivity contribution in [2.75, 3.05) is 20.8 Å². The summed E-state index contributed by atoms with van der Waals surface area (Å²) in [6, 6.07) is 6.03. The third-order valence-electron chi connectivity index (χ3n) is 4.37. The van der Waals surface area contributed by atoms with Crippen molar-refractivity contribution < 1.29 is 14.3 Å². The largest absolute Gasteiger partial charge is 0.493 e. The molecule has 0 heterocycles. The average Bonchev–Trinajstić information content (AvgIpc) is 3.41. The molecule has 5 heteroatoms. The van der Waals surface area contributed by atoms with Crippen LogP contribution in [0.2, 0.25) is 0 Å². The standard InChI is InChI=1S/C18H28N2O3/c1-5-10-23-16-9-6-14(11-17(16)22-4)12-19-18(21)20(3)13(2)15-7-8-15/h6,9,11,13,15H,5,7-8,10,12H2,1-4H3,(H,19,21). The number of hydrogen-bond donors (Lipinski definition) is 1. The van der Waals surface area contributed by atoms with Crippen LogP contribution in [-0.4, -0.2) is 37.7 Å². The Bertz CT molecular complexity index is 529. The van der Waals surface area contributed by atoms with Crippen molar-refractivity contribution >= 4 is 6.03 Å². The van der Waals surface area contributed by atoms with E-state index in [-0.39, 0.29) is 6.03 Å². The first-order valence-corrected chi connectivity index (χ1v) is 8.37. The van der Waals surface area contributed by atoms with Gasteiger partial charge in [0.2, 0.25) is 0 Å². The van der Waals surface area contributed by atoms with Gasteiger partial charge in [-0.25, -0.2) is 4.79 Å². The molecule has 2 amide bonds. The average molecular weight is 320 g/mol. The zero-order chi connectivity index (χ0) is 16.8. The summed E-state index contributed by atoms with van der Waals surface area (Å²) >= 11 is 0. The molecule has 0 bridgehead atoms. The number of amides is 2. The van der Waals surface area contributed by atoms with Crippen LogP contribution in [0.4, 0.5) is 4.79 Å². The molecular formula is C18H28N2O3. The van der Waals surface area contributed by atoms with E-state index in [2.05, 4.69) is 19.2 Å². The minimum absolute atomic E-state index is 0.0327. The summed E-state index contributed by atoms with van der Waals surface area (Å²) in [5.74, 6) is 2.11. The smallest absolute Gasteiger partial charge is 0.317 e. The molecule has 0 spiro atoms. The van der Waals surface area contributed by atoms with E-state index < -0.39 is 0 Å². The van der Waals surface area contributed by atoms with Crippen molar-refractivity contribution in [1.82, 2.24) is 10.2 Å². The number of rotatable bonds is 8. The van der Waals surface area contributed by atoms with Crippen LogP contribution in [0.15, 0.2) is 18.2 Å². The molecule has 1 saturated carbocycles. The van der Waals surface area contributed by atoms with E-state index in [0.29, 0.717) is 30.9 Å². The van der Waals surface area contributed by atoms with E-state index >= 15 is 0 Å². The maximum Gasteiger partial charge on any atom is 0.317 e. The Balaban J connectivity index is 1.90. The maximum absolute atomic E-state index is 12.2. The topological polar surface area (TPSA) is 50.8 Å². The Morgan fingerprint density at radius 3 is 2.74 bits per heavy atom. The van der Waals surface area contributed by atoms with E-state index in [1.807, 2.05) is 25.2 Å². The second-order valence-electron chi connectivity index (χ2n) is 6.18. The van der Waals surface area contributed by atoms with Gasteiger partial charge in [-0.05, 0) is 49.8 Å². The second-order valence-corrected chi connectivity index (χ2v) is 6.18. The lowest BCUT2D eigenvalue weighted by molar-refractivity contribution is 0.187. The molecule has 5 nitrogen and oxygen atoms in total. The monoisotopic (exact) mass is 320 g/mol. The lowest BCUT2D eigenvalue weighted by atomic mass is 10.2. The summed E-state index contributed by atoms with van der Waals surface area (Å²) in [5.41, 5.74) is 0.992. The molecule has 0 aromatic heterocycles. The number of urea groups is 1. The van der Waals surface area contributed by atoms with Crippen LogP contribution in [0, 0.1) is 5.92 Å². The molecule has 1 aliphatic carbocycles. The first kappa shape index (κ1) is 17.4. The Kier molecular flexibility index (Phi) is 6.13. The first-order valence-electron chi connectivity index (χ1n) is 8.37. The van der Waals surface area contributed by atoms with Crippen molar-refractivity contribution in [3.63, 3.8) is 0 Å². The lowest BCUT2D eigenvalue weighted by Gasteiger charge is -2.25. The molecule has 0 saturated heterocycles. The van der Waals surface area contributed by atoms with Gasteiger partial charge in [0.05, 0.1) is 13.7 Å². The fourth-order valence-corrected chi connectivity index (χ4v) is 2.54. The van der Waals surface area contributed by atoms with Crippen molar-refractivity contribution in [3.05, 3.63) is 23.8 Å². The second kappa shape index (κ2) is 8.09. The summed E-state index contributed by atoms with van der Waals surface area (Å²) < 4.78 is 11.0. The van der Waals surface area contributed by atoms with Crippen LogP contribution in [0.25, 0.3) is 0 Å².